The van der Waals surface area contributed by atoms with Crippen LogP contribution in [0.1, 0.15) is 27.5 Å². The fourth-order valence-electron chi connectivity index (χ4n) is 2.50. The standard InChI is InChI=1S/C14H18N4O2.2C2HF3O2/c1-17(2)14(19)13-11-9-18(6-5-12(11)15-16-13)8-10-4-3-7-20-10;2*3-2(4,5)1(6)7/h3-4,7H,5-6,8-9H2,1-2H3,(H,15,16);2*(H,6,7). The summed E-state index contributed by atoms with van der Waals surface area (Å²) in [6.07, 6.45) is -7.60. The monoisotopic (exact) mass is 502 g/mol. The number of hydrogen-bond acceptors (Lipinski definition) is 6. The normalized spacial score (nSPS) is 13.5. The number of H-pyrrole nitrogens is 1. The second-order valence-electron chi connectivity index (χ2n) is 6.87. The minimum absolute atomic E-state index is 0.0534. The Hall–Kier alpha value is -3.56. The Kier molecular flexibility index (Phi) is 9.66. The number of aliphatic carboxylic acids is 2. The van der Waals surface area contributed by atoms with Crippen molar-refractivity contribution in [3.8, 4) is 0 Å². The highest BCUT2D eigenvalue weighted by molar-refractivity contribution is 5.93. The number of amides is 1. The zero-order valence-corrected chi connectivity index (χ0v) is 17.7. The molecule has 0 saturated carbocycles. The number of aromatic nitrogens is 2. The number of rotatable bonds is 3. The van der Waals surface area contributed by atoms with Crippen molar-refractivity contribution in [2.24, 2.45) is 0 Å². The smallest absolute Gasteiger partial charge is 0.475 e. The molecule has 0 spiro atoms. The highest BCUT2D eigenvalue weighted by Gasteiger charge is 2.38. The lowest BCUT2D eigenvalue weighted by atomic mass is 10.0. The molecule has 0 aromatic carbocycles. The van der Waals surface area contributed by atoms with E-state index in [-0.39, 0.29) is 5.91 Å². The summed E-state index contributed by atoms with van der Waals surface area (Å²) in [5, 5.41) is 21.4. The molecule has 34 heavy (non-hydrogen) atoms. The summed E-state index contributed by atoms with van der Waals surface area (Å²) < 4.78 is 68.9. The van der Waals surface area contributed by atoms with Crippen LogP contribution >= 0.6 is 0 Å². The van der Waals surface area contributed by atoms with Crippen molar-refractivity contribution in [2.75, 3.05) is 20.6 Å². The summed E-state index contributed by atoms with van der Waals surface area (Å²) in [4.78, 5) is 33.7. The van der Waals surface area contributed by atoms with Crippen molar-refractivity contribution in [3.63, 3.8) is 0 Å². The van der Waals surface area contributed by atoms with E-state index < -0.39 is 24.3 Å². The van der Waals surface area contributed by atoms with Crippen molar-refractivity contribution in [3.05, 3.63) is 41.1 Å². The third-order valence-corrected chi connectivity index (χ3v) is 4.07. The topological polar surface area (TPSA) is 140 Å². The zero-order chi connectivity index (χ0) is 26.3. The average Bonchev–Trinajstić information content (AvgIpc) is 3.36. The summed E-state index contributed by atoms with van der Waals surface area (Å²) >= 11 is 0. The molecule has 2 aromatic heterocycles. The number of hydrogen-bond donors (Lipinski definition) is 3. The maximum absolute atomic E-state index is 12.1. The first-order chi connectivity index (χ1) is 15.5. The number of halogens is 6. The van der Waals surface area contributed by atoms with E-state index in [1.54, 1.807) is 25.3 Å². The lowest BCUT2D eigenvalue weighted by Gasteiger charge is -2.26. The SMILES string of the molecule is CN(C)C(=O)c1n[nH]c2c1CN(Cc1ccco1)CC2.O=C(O)C(F)(F)F.O=C(O)C(F)(F)F. The Bertz CT molecular complexity index is 945. The first-order valence-corrected chi connectivity index (χ1v) is 9.16. The number of carboxylic acids is 2. The van der Waals surface area contributed by atoms with Gasteiger partial charge >= 0.3 is 24.3 Å². The molecule has 1 amide bonds. The molecule has 3 N–H and O–H groups in total. The van der Waals surface area contributed by atoms with Crippen LogP contribution in [0.4, 0.5) is 26.3 Å². The van der Waals surface area contributed by atoms with Gasteiger partial charge in [0.05, 0.1) is 12.8 Å². The number of fused-ring (bicyclic) bond motifs is 1. The van der Waals surface area contributed by atoms with Crippen LogP contribution in [0.2, 0.25) is 0 Å². The van der Waals surface area contributed by atoms with Crippen LogP contribution in [0.15, 0.2) is 22.8 Å². The van der Waals surface area contributed by atoms with Gasteiger partial charge in [0, 0.05) is 44.9 Å². The molecule has 0 bridgehead atoms. The van der Waals surface area contributed by atoms with Gasteiger partial charge in [0.2, 0.25) is 0 Å². The molecule has 16 heteroatoms. The van der Waals surface area contributed by atoms with E-state index in [1.807, 2.05) is 12.1 Å². The van der Waals surface area contributed by atoms with Crippen LogP contribution in [-0.2, 0) is 29.1 Å². The lowest BCUT2D eigenvalue weighted by Crippen LogP contribution is -2.31. The van der Waals surface area contributed by atoms with E-state index in [4.69, 9.17) is 24.2 Å². The Morgan fingerprint density at radius 3 is 2.06 bits per heavy atom. The van der Waals surface area contributed by atoms with Crippen molar-refractivity contribution in [2.45, 2.75) is 31.9 Å². The highest BCUT2D eigenvalue weighted by atomic mass is 19.4. The van der Waals surface area contributed by atoms with Crippen molar-refractivity contribution < 1.29 is 55.4 Å². The summed E-state index contributed by atoms with van der Waals surface area (Å²) in [5.74, 6) is -4.63. The molecule has 0 aliphatic carbocycles. The predicted molar refractivity (Wildman–Crippen MR) is 101 cm³/mol. The van der Waals surface area contributed by atoms with Crippen LogP contribution in [0.3, 0.4) is 0 Å². The maximum atomic E-state index is 12.1. The number of aromatic amines is 1. The minimum Gasteiger partial charge on any atom is -0.475 e. The van der Waals surface area contributed by atoms with E-state index in [1.165, 1.54) is 0 Å². The Labute approximate surface area is 187 Å². The quantitative estimate of drug-likeness (QED) is 0.544. The predicted octanol–water partition coefficient (Wildman–Crippen LogP) is 2.53. The van der Waals surface area contributed by atoms with Gasteiger partial charge in [-0.05, 0) is 12.1 Å². The van der Waals surface area contributed by atoms with E-state index in [2.05, 4.69) is 15.1 Å². The van der Waals surface area contributed by atoms with Crippen LogP contribution in [0, 0.1) is 0 Å². The molecule has 0 radical (unpaired) electrons. The molecular formula is C18H20F6N4O6. The Balaban J connectivity index is 0.000000343. The van der Waals surface area contributed by atoms with Gasteiger partial charge in [-0.25, -0.2) is 9.59 Å². The van der Waals surface area contributed by atoms with Gasteiger partial charge in [0.25, 0.3) is 5.91 Å². The van der Waals surface area contributed by atoms with Crippen molar-refractivity contribution >= 4 is 17.8 Å². The van der Waals surface area contributed by atoms with Crippen LogP contribution in [0.25, 0.3) is 0 Å². The zero-order valence-electron chi connectivity index (χ0n) is 17.7. The first-order valence-electron chi connectivity index (χ1n) is 9.16. The molecule has 3 heterocycles. The number of furan rings is 1. The van der Waals surface area contributed by atoms with Crippen LogP contribution in [-0.4, -0.2) is 81.0 Å². The second-order valence-corrected chi connectivity index (χ2v) is 6.87. The van der Waals surface area contributed by atoms with Gasteiger partial charge in [0.1, 0.15) is 5.76 Å². The number of carbonyl (C=O) groups excluding carboxylic acids is 1. The van der Waals surface area contributed by atoms with Gasteiger partial charge < -0.3 is 19.5 Å². The summed E-state index contributed by atoms with van der Waals surface area (Å²) in [7, 11) is 3.49. The fraction of sp³-hybridized carbons (Fsp3) is 0.444. The molecule has 0 atom stereocenters. The Morgan fingerprint density at radius 2 is 1.65 bits per heavy atom. The molecule has 1 aliphatic heterocycles. The molecule has 190 valence electrons. The second kappa shape index (κ2) is 11.5. The summed E-state index contributed by atoms with van der Waals surface area (Å²) in [6.45, 7) is 2.42. The van der Waals surface area contributed by atoms with Crippen molar-refractivity contribution in [1.29, 1.82) is 0 Å². The number of carboxylic acid groups (broad SMARTS) is 2. The molecule has 10 nitrogen and oxygen atoms in total. The van der Waals surface area contributed by atoms with E-state index in [0.29, 0.717) is 5.69 Å². The number of alkyl halides is 6. The van der Waals surface area contributed by atoms with E-state index in [0.717, 1.165) is 43.1 Å². The third-order valence-electron chi connectivity index (χ3n) is 4.07. The molecule has 0 unspecified atom stereocenters. The largest absolute Gasteiger partial charge is 0.490 e. The molecule has 0 saturated heterocycles. The van der Waals surface area contributed by atoms with E-state index in [9.17, 15) is 31.1 Å². The lowest BCUT2D eigenvalue weighted by molar-refractivity contribution is -0.193. The minimum atomic E-state index is -5.08. The van der Waals surface area contributed by atoms with Crippen LogP contribution in [0.5, 0.6) is 0 Å². The maximum Gasteiger partial charge on any atom is 0.490 e. The highest BCUT2D eigenvalue weighted by Crippen LogP contribution is 2.22. The Morgan fingerprint density at radius 1 is 1.12 bits per heavy atom. The van der Waals surface area contributed by atoms with Gasteiger partial charge in [0.15, 0.2) is 5.69 Å². The third kappa shape index (κ3) is 8.76. The van der Waals surface area contributed by atoms with Crippen molar-refractivity contribution in [1.82, 2.24) is 20.0 Å². The fourth-order valence-corrected chi connectivity index (χ4v) is 2.50. The molecule has 3 rings (SSSR count). The number of nitrogens with one attached hydrogen (secondary N) is 1. The average molecular weight is 502 g/mol. The number of nitrogens with zero attached hydrogens (tertiary/aromatic N) is 3. The first kappa shape index (κ1) is 28.5. The van der Waals surface area contributed by atoms with Crippen LogP contribution < -0.4 is 0 Å². The summed E-state index contributed by atoms with van der Waals surface area (Å²) in [5.41, 5.74) is 2.63. The van der Waals surface area contributed by atoms with Gasteiger partial charge in [-0.2, -0.15) is 31.4 Å². The van der Waals surface area contributed by atoms with Gasteiger partial charge in [-0.15, -0.1) is 0 Å². The van der Waals surface area contributed by atoms with Gasteiger partial charge in [-0.1, -0.05) is 0 Å². The number of carbonyl (C=O) groups is 3. The molecule has 0 fully saturated rings. The van der Waals surface area contributed by atoms with E-state index >= 15 is 0 Å². The molecule has 1 aliphatic rings. The molecular weight excluding hydrogens is 482 g/mol. The molecule has 2 aromatic rings. The van der Waals surface area contributed by atoms with Gasteiger partial charge in [-0.3, -0.25) is 14.8 Å². The summed E-state index contributed by atoms with van der Waals surface area (Å²) in [6, 6.07) is 3.86.